The van der Waals surface area contributed by atoms with Gasteiger partial charge in [0.2, 0.25) is 0 Å². The zero-order chi connectivity index (χ0) is 70.9. The van der Waals surface area contributed by atoms with Gasteiger partial charge in [0.1, 0.15) is 31.9 Å². The maximum absolute atomic E-state index is 12.3. The zero-order valence-corrected chi connectivity index (χ0v) is 63.5. The van der Waals surface area contributed by atoms with Crippen LogP contribution in [0, 0.1) is 144 Å². The Balaban J connectivity index is 0.000000160. The summed E-state index contributed by atoms with van der Waals surface area (Å²) in [5, 5.41) is 29.5. The maximum Gasteiger partial charge on any atom is 0.305 e. The molecule has 0 spiro atoms. The first-order valence-corrected chi connectivity index (χ1v) is 39.5. The van der Waals surface area contributed by atoms with Crippen molar-refractivity contribution < 1.29 is 77.2 Å². The van der Waals surface area contributed by atoms with E-state index in [0.717, 1.165) is 96.3 Å². The van der Waals surface area contributed by atoms with Gasteiger partial charge in [-0.05, 0) is 287 Å². The molecule has 560 valence electrons. The van der Waals surface area contributed by atoms with Gasteiger partial charge in [0.25, 0.3) is 0 Å². The minimum atomic E-state index is -0.679. The van der Waals surface area contributed by atoms with E-state index in [1.165, 1.54) is 91.3 Å². The molecular formula is C82H136O16. The number of Topliss-reactive ketones (excluding diaryl/α,β-unsaturated/α-hetero) is 2. The predicted octanol–water partition coefficient (Wildman–Crippen LogP) is 15.5. The van der Waals surface area contributed by atoms with Crippen LogP contribution >= 0.6 is 0 Å². The van der Waals surface area contributed by atoms with Crippen molar-refractivity contribution in [3.63, 3.8) is 0 Å². The van der Waals surface area contributed by atoms with Crippen molar-refractivity contribution in [1.29, 1.82) is 0 Å². The van der Waals surface area contributed by atoms with Gasteiger partial charge in [-0.3, -0.25) is 24.0 Å². The van der Waals surface area contributed by atoms with Crippen LogP contribution in [-0.2, 0) is 61.9 Å². The summed E-state index contributed by atoms with van der Waals surface area (Å²) in [5.41, 5.74) is 1.26. The molecule has 0 heterocycles. The first-order valence-electron chi connectivity index (χ1n) is 39.5. The number of esters is 2. The van der Waals surface area contributed by atoms with E-state index in [2.05, 4.69) is 62.3 Å². The van der Waals surface area contributed by atoms with E-state index in [0.29, 0.717) is 157 Å². The van der Waals surface area contributed by atoms with Crippen LogP contribution in [0.1, 0.15) is 255 Å². The van der Waals surface area contributed by atoms with Gasteiger partial charge in [-0.2, -0.15) is 0 Å². The molecule has 0 aromatic carbocycles. The molecule has 27 atom stereocenters. The average Bonchev–Trinajstić information content (AvgIpc) is 1.33. The van der Waals surface area contributed by atoms with E-state index < -0.39 is 5.97 Å². The van der Waals surface area contributed by atoms with E-state index in [1.807, 2.05) is 0 Å². The largest absolute Gasteiger partial charge is 0.481 e. The van der Waals surface area contributed by atoms with E-state index in [4.69, 9.17) is 37.9 Å². The lowest BCUT2D eigenvalue weighted by atomic mass is 9.42. The van der Waals surface area contributed by atoms with Crippen LogP contribution in [-0.4, -0.2) is 132 Å². The summed E-state index contributed by atoms with van der Waals surface area (Å²) in [7, 11) is 8.06. The molecule has 12 aliphatic rings. The normalized spacial score (nSPS) is 44.2. The molecule has 12 fully saturated rings. The van der Waals surface area contributed by atoms with Gasteiger partial charge < -0.3 is 53.2 Å². The van der Waals surface area contributed by atoms with Gasteiger partial charge in [-0.1, -0.05) is 62.3 Å². The molecule has 0 saturated heterocycles. The number of aliphatic hydroxyl groups excluding tert-OH is 2. The molecule has 12 rings (SSSR count). The summed E-state index contributed by atoms with van der Waals surface area (Å²) < 4.78 is 45.0. The summed E-state index contributed by atoms with van der Waals surface area (Å²) in [5.74, 6) is 10.1. The van der Waals surface area contributed by atoms with Gasteiger partial charge in [0, 0.05) is 71.7 Å². The highest BCUT2D eigenvalue weighted by Crippen LogP contribution is 2.73. The Bertz CT molecular complexity index is 2700. The maximum atomic E-state index is 12.3. The molecule has 0 aromatic rings. The van der Waals surface area contributed by atoms with Crippen LogP contribution in [0.3, 0.4) is 0 Å². The van der Waals surface area contributed by atoms with E-state index in [1.54, 1.807) is 21.3 Å². The Morgan fingerprint density at radius 1 is 0.429 bits per heavy atom. The zero-order valence-electron chi connectivity index (χ0n) is 63.5. The van der Waals surface area contributed by atoms with Crippen molar-refractivity contribution >= 4 is 29.5 Å². The number of aliphatic carboxylic acids is 1. The minimum Gasteiger partial charge on any atom is -0.481 e. The Morgan fingerprint density at radius 2 is 0.755 bits per heavy atom. The summed E-state index contributed by atoms with van der Waals surface area (Å²) in [6.45, 7) is 23.1. The van der Waals surface area contributed by atoms with Crippen LogP contribution in [0.15, 0.2) is 0 Å². The quantitative estimate of drug-likeness (QED) is 0.0640. The second kappa shape index (κ2) is 32.0. The number of aliphatic hydroxyl groups is 2. The molecule has 12 saturated carbocycles. The first kappa shape index (κ1) is 78.0. The molecule has 0 unspecified atom stereocenters. The summed E-state index contributed by atoms with van der Waals surface area (Å²) in [6, 6.07) is 0. The second-order valence-corrected chi connectivity index (χ2v) is 36.8. The number of methoxy groups -OCH3 is 5. The lowest BCUT2D eigenvalue weighted by Gasteiger charge is -2.64. The van der Waals surface area contributed by atoms with Crippen LogP contribution in [0.2, 0.25) is 0 Å². The van der Waals surface area contributed by atoms with Crippen molar-refractivity contribution in [3.05, 3.63) is 0 Å². The molecular weight excluding hydrogens is 1240 g/mol. The van der Waals surface area contributed by atoms with Gasteiger partial charge >= 0.3 is 17.9 Å². The van der Waals surface area contributed by atoms with Crippen molar-refractivity contribution in [1.82, 2.24) is 0 Å². The van der Waals surface area contributed by atoms with Gasteiger partial charge in [-0.15, -0.1) is 0 Å². The molecule has 0 aliphatic heterocycles. The third-order valence-electron chi connectivity index (χ3n) is 32.9. The van der Waals surface area contributed by atoms with Crippen molar-refractivity contribution in [2.45, 2.75) is 273 Å². The highest BCUT2D eigenvalue weighted by atomic mass is 16.7. The molecule has 98 heavy (non-hydrogen) atoms. The van der Waals surface area contributed by atoms with Crippen LogP contribution in [0.25, 0.3) is 0 Å². The molecule has 0 bridgehead atoms. The van der Waals surface area contributed by atoms with Crippen molar-refractivity contribution in [3.8, 4) is 0 Å². The number of carboxylic acids is 1. The van der Waals surface area contributed by atoms with E-state index >= 15 is 0 Å². The Morgan fingerprint density at radius 3 is 1.08 bits per heavy atom. The summed E-state index contributed by atoms with van der Waals surface area (Å²) in [6.07, 6.45) is 30.2. The number of hydrogen-bond donors (Lipinski definition) is 3. The molecule has 16 heteroatoms. The fourth-order valence-corrected chi connectivity index (χ4v) is 27.4. The number of carbonyl (C=O) groups is 5. The second-order valence-electron chi connectivity index (χ2n) is 36.8. The average molecular weight is 1380 g/mol. The standard InChI is InChI=1S/C29H50O6.C27H44O5.C26H42O5/c1-19(6-9-25(32)34-5)21-7-8-22-26-23(10-11-28(21,22)3)27(2)12-13-29(16-30,17-31)15-20(27)14-24(26)35-18-33-4;1-17(6-9-24(29)31-5)20-7-8-21-25-22(11-13-27(20,21)3)26(2)12-10-19(28)14-18(26)15-23(25)32-16-30-4;1-16(5-8-23(28)29)19-6-7-20-24-21(10-12-26(19,20)3)25(2)11-9-18(27)13-17(25)14-22(24)31-15-30-4/h19-24,26,30-31H,6-18H2,1-5H3;17-18,20-23,25H,6-16H2,1-5H3;16-17,19-22,24H,5-15H2,1-4H3,(H,28,29)/t19-,20+,21-,22+,23+,24-,26+,27+,28-;17-,18-,20-,21+,22+,23-,25+,26+,27-;16-,17-,19-,20+,21+,22-,24+,25+,26-/m111/s1. The smallest absolute Gasteiger partial charge is 0.305 e. The Hall–Kier alpha value is -2.57. The molecule has 12 aliphatic carbocycles. The molecule has 0 aromatic heterocycles. The Kier molecular flexibility index (Phi) is 25.5. The fraction of sp³-hybridized carbons (Fsp3) is 0.939. The number of ketones is 2. The molecule has 3 N–H and O–H groups in total. The third-order valence-corrected chi connectivity index (χ3v) is 32.9. The van der Waals surface area contributed by atoms with E-state index in [-0.39, 0.29) is 82.4 Å². The number of carbonyl (C=O) groups excluding carboxylic acids is 4. The van der Waals surface area contributed by atoms with Crippen LogP contribution in [0.4, 0.5) is 0 Å². The lowest BCUT2D eigenvalue weighted by molar-refractivity contribution is -0.214. The van der Waals surface area contributed by atoms with Crippen LogP contribution < -0.4 is 0 Å². The monoisotopic (exact) mass is 1380 g/mol. The first-order chi connectivity index (χ1) is 46.6. The number of carboxylic acid groups (broad SMARTS) is 1. The molecule has 0 radical (unpaired) electrons. The number of ether oxygens (including phenoxy) is 8. The predicted molar refractivity (Wildman–Crippen MR) is 376 cm³/mol. The Labute approximate surface area is 590 Å². The summed E-state index contributed by atoms with van der Waals surface area (Å²) in [4.78, 5) is 59.3. The van der Waals surface area contributed by atoms with Crippen molar-refractivity contribution in [2.75, 3.05) is 69.1 Å². The number of rotatable bonds is 23. The highest BCUT2D eigenvalue weighted by Gasteiger charge is 2.68. The summed E-state index contributed by atoms with van der Waals surface area (Å²) >= 11 is 0. The molecule has 16 nitrogen and oxygen atoms in total. The van der Waals surface area contributed by atoms with Gasteiger partial charge in [0.05, 0.1) is 45.7 Å². The number of fused-ring (bicyclic) bond motifs is 15. The van der Waals surface area contributed by atoms with Gasteiger partial charge in [0.15, 0.2) is 0 Å². The van der Waals surface area contributed by atoms with Gasteiger partial charge in [-0.25, -0.2) is 0 Å². The van der Waals surface area contributed by atoms with Crippen molar-refractivity contribution in [2.24, 2.45) is 144 Å². The fourth-order valence-electron chi connectivity index (χ4n) is 27.4. The van der Waals surface area contributed by atoms with E-state index in [9.17, 15) is 39.3 Å². The lowest BCUT2D eigenvalue weighted by Crippen LogP contribution is -2.60. The SMILES string of the molecule is COCO[C@@H]1C[C@H]2CC(=O)CC[C@]2(C)[C@H]2CC[C@]3(C)[C@@H]([C@H](C)CCC(=O)O)CC[C@H]3[C@H]12.COCO[C@@H]1C[C@H]2CC(=O)CC[C@]2(C)[C@H]2CC[C@]3(C)[C@@H]([C@H](C)CCC(=O)OC)CC[C@H]3[C@H]12.COCO[C@@H]1C[C@H]2CC(CO)(CO)CC[C@]2(C)[C@H]2CC[C@]3(C)[C@@H]([C@H](C)CCC(=O)OC)CC[C@H]3[C@H]12. The molecule has 0 amide bonds. The topological polar surface area (TPSA) is 220 Å². The minimum absolute atomic E-state index is 0.0691. The number of hydrogen-bond acceptors (Lipinski definition) is 15. The third kappa shape index (κ3) is 14.9. The van der Waals surface area contributed by atoms with Crippen LogP contribution in [0.5, 0.6) is 0 Å². The highest BCUT2D eigenvalue weighted by molar-refractivity contribution is 5.80.